The first-order valence-electron chi connectivity index (χ1n) is 9.12. The minimum absolute atomic E-state index is 0.108. The maximum absolute atomic E-state index is 13.0. The number of rotatable bonds is 4. The van der Waals surface area contributed by atoms with Gasteiger partial charge >= 0.3 is 0 Å². The van der Waals surface area contributed by atoms with Crippen LogP contribution in [-0.2, 0) is 19.6 Å². The lowest BCUT2D eigenvalue weighted by molar-refractivity contribution is -0.136. The van der Waals surface area contributed by atoms with Crippen molar-refractivity contribution in [2.45, 2.75) is 49.9 Å². The van der Waals surface area contributed by atoms with Crippen LogP contribution in [0, 0.1) is 5.92 Å². The quantitative estimate of drug-likeness (QED) is 0.772. The zero-order valence-electron chi connectivity index (χ0n) is 14.2. The van der Waals surface area contributed by atoms with E-state index < -0.39 is 15.3 Å². The zero-order valence-corrected chi connectivity index (χ0v) is 15.0. The molecule has 0 aromatic carbocycles. The Balaban J connectivity index is 1.65. The minimum atomic E-state index is -3.41. The van der Waals surface area contributed by atoms with Crippen molar-refractivity contribution in [3.63, 3.8) is 0 Å². The fourth-order valence-corrected chi connectivity index (χ4v) is 6.05. The van der Waals surface area contributed by atoms with E-state index in [9.17, 15) is 13.2 Å². The molecule has 0 spiro atoms. The molecule has 0 radical (unpaired) electrons. The van der Waals surface area contributed by atoms with Gasteiger partial charge < -0.3 is 15.4 Å². The summed E-state index contributed by atoms with van der Waals surface area (Å²) in [5, 5.41) is -0.492. The molecule has 2 aliphatic heterocycles. The van der Waals surface area contributed by atoms with Crippen LogP contribution in [0.15, 0.2) is 0 Å². The molecule has 2 atom stereocenters. The van der Waals surface area contributed by atoms with E-state index in [4.69, 9.17) is 10.5 Å². The second kappa shape index (κ2) is 7.68. The first-order chi connectivity index (χ1) is 11.5. The molecule has 0 aromatic rings. The summed E-state index contributed by atoms with van der Waals surface area (Å²) < 4.78 is 33.0. The maximum Gasteiger partial charge on any atom is 0.225 e. The summed E-state index contributed by atoms with van der Waals surface area (Å²) in [5.41, 5.74) is 5.62. The number of likely N-dealkylation sites (tertiary alicyclic amines) is 1. The lowest BCUT2D eigenvalue weighted by Gasteiger charge is -2.38. The largest absolute Gasteiger partial charge is 0.374 e. The second-order valence-corrected chi connectivity index (χ2v) is 9.37. The van der Waals surface area contributed by atoms with Gasteiger partial charge in [-0.25, -0.2) is 8.42 Å². The van der Waals surface area contributed by atoms with Crippen LogP contribution in [-0.4, -0.2) is 74.2 Å². The number of nitrogens with zero attached hydrogens (tertiary/aromatic N) is 2. The molecule has 2 heterocycles. The van der Waals surface area contributed by atoms with E-state index in [1.807, 2.05) is 0 Å². The van der Waals surface area contributed by atoms with Crippen molar-refractivity contribution >= 4 is 15.9 Å². The van der Waals surface area contributed by atoms with Gasteiger partial charge in [0.25, 0.3) is 0 Å². The highest BCUT2D eigenvalue weighted by Crippen LogP contribution is 2.29. The van der Waals surface area contributed by atoms with Crippen LogP contribution < -0.4 is 5.73 Å². The summed E-state index contributed by atoms with van der Waals surface area (Å²) >= 11 is 0. The number of piperidine rings is 1. The monoisotopic (exact) mass is 359 g/mol. The molecule has 8 heteroatoms. The lowest BCUT2D eigenvalue weighted by atomic mass is 10.0. The molecular formula is C16H29N3O4S. The second-order valence-electron chi connectivity index (χ2n) is 7.16. The number of hydrogen-bond donors (Lipinski definition) is 1. The van der Waals surface area contributed by atoms with Gasteiger partial charge in [-0.2, -0.15) is 4.31 Å². The van der Waals surface area contributed by atoms with Crippen molar-refractivity contribution in [3.8, 4) is 0 Å². The Hall–Kier alpha value is -0.700. The zero-order chi connectivity index (χ0) is 17.2. The van der Waals surface area contributed by atoms with Gasteiger partial charge in [0.2, 0.25) is 15.9 Å². The van der Waals surface area contributed by atoms with Crippen molar-refractivity contribution < 1.29 is 17.9 Å². The van der Waals surface area contributed by atoms with Crippen molar-refractivity contribution in [3.05, 3.63) is 0 Å². The first-order valence-corrected chi connectivity index (χ1v) is 10.6. The smallest absolute Gasteiger partial charge is 0.225 e. The van der Waals surface area contributed by atoms with Gasteiger partial charge in [0, 0.05) is 38.6 Å². The number of amides is 1. The van der Waals surface area contributed by atoms with Crippen LogP contribution in [0.4, 0.5) is 0 Å². The predicted molar refractivity (Wildman–Crippen MR) is 90.8 cm³/mol. The number of ether oxygens (including phenoxy) is 1. The average molecular weight is 359 g/mol. The topological polar surface area (TPSA) is 92.9 Å². The van der Waals surface area contributed by atoms with Crippen LogP contribution in [0.25, 0.3) is 0 Å². The van der Waals surface area contributed by atoms with Gasteiger partial charge in [0.15, 0.2) is 0 Å². The molecule has 138 valence electrons. The number of sulfonamides is 1. The lowest BCUT2D eigenvalue weighted by Crippen LogP contribution is -2.54. The van der Waals surface area contributed by atoms with Gasteiger partial charge in [-0.1, -0.05) is 12.8 Å². The SMILES string of the molecule is NCC1CN(S(=O)(=O)C2CCCN(C(=O)C3CCCC3)C2)CCO1. The molecular weight excluding hydrogens is 330 g/mol. The van der Waals surface area contributed by atoms with E-state index in [1.54, 1.807) is 4.90 Å². The van der Waals surface area contributed by atoms with E-state index in [1.165, 1.54) is 4.31 Å². The number of carbonyl (C=O) groups excluding carboxylic acids is 1. The summed E-state index contributed by atoms with van der Waals surface area (Å²) in [6, 6.07) is 0. The molecule has 3 rings (SSSR count). The third-order valence-corrected chi connectivity index (χ3v) is 7.82. The van der Waals surface area contributed by atoms with Gasteiger partial charge in [-0.15, -0.1) is 0 Å². The third kappa shape index (κ3) is 3.76. The van der Waals surface area contributed by atoms with Crippen LogP contribution in [0.2, 0.25) is 0 Å². The Morgan fingerprint density at radius 2 is 1.83 bits per heavy atom. The fourth-order valence-electron chi connectivity index (χ4n) is 4.09. The van der Waals surface area contributed by atoms with Crippen molar-refractivity contribution in [1.29, 1.82) is 0 Å². The third-order valence-electron chi connectivity index (χ3n) is 5.54. The van der Waals surface area contributed by atoms with Gasteiger partial charge in [-0.3, -0.25) is 4.79 Å². The van der Waals surface area contributed by atoms with Gasteiger partial charge in [0.1, 0.15) is 0 Å². The molecule has 2 unspecified atom stereocenters. The van der Waals surface area contributed by atoms with Crippen molar-refractivity contribution in [2.75, 3.05) is 39.3 Å². The van der Waals surface area contributed by atoms with E-state index in [-0.39, 0.29) is 17.9 Å². The molecule has 1 amide bonds. The van der Waals surface area contributed by atoms with Gasteiger partial charge in [0.05, 0.1) is 18.0 Å². The Morgan fingerprint density at radius 3 is 2.54 bits per heavy atom. The number of carbonyl (C=O) groups is 1. The Labute approximate surface area is 144 Å². The maximum atomic E-state index is 13.0. The van der Waals surface area contributed by atoms with E-state index in [0.29, 0.717) is 45.8 Å². The fraction of sp³-hybridized carbons (Fsp3) is 0.938. The summed E-state index contributed by atoms with van der Waals surface area (Å²) in [6.45, 7) is 2.44. The first kappa shape index (κ1) is 18.1. The highest BCUT2D eigenvalue weighted by molar-refractivity contribution is 7.89. The van der Waals surface area contributed by atoms with Crippen molar-refractivity contribution in [1.82, 2.24) is 9.21 Å². The molecule has 2 saturated heterocycles. The number of nitrogens with two attached hydrogens (primary N) is 1. The molecule has 0 bridgehead atoms. The highest BCUT2D eigenvalue weighted by Gasteiger charge is 2.39. The summed E-state index contributed by atoms with van der Waals surface area (Å²) in [7, 11) is -3.41. The molecule has 2 N–H and O–H groups in total. The molecule has 7 nitrogen and oxygen atoms in total. The van der Waals surface area contributed by atoms with E-state index in [0.717, 1.165) is 32.1 Å². The van der Waals surface area contributed by atoms with E-state index in [2.05, 4.69) is 0 Å². The van der Waals surface area contributed by atoms with Crippen LogP contribution >= 0.6 is 0 Å². The van der Waals surface area contributed by atoms with E-state index >= 15 is 0 Å². The van der Waals surface area contributed by atoms with Crippen LogP contribution in [0.3, 0.4) is 0 Å². The standard InChI is InChI=1S/C16H29N3O4S/c17-10-14-11-19(8-9-23-14)24(21,22)15-6-3-7-18(12-15)16(20)13-4-1-2-5-13/h13-15H,1-12,17H2. The van der Waals surface area contributed by atoms with Gasteiger partial charge in [-0.05, 0) is 25.7 Å². The molecule has 1 saturated carbocycles. The minimum Gasteiger partial charge on any atom is -0.374 e. The summed E-state index contributed by atoms with van der Waals surface area (Å²) in [5.74, 6) is 0.269. The number of morpholine rings is 1. The molecule has 1 aliphatic carbocycles. The normalized spacial score (nSPS) is 30.6. The Kier molecular flexibility index (Phi) is 5.79. The summed E-state index contributed by atoms with van der Waals surface area (Å²) in [6.07, 6.45) is 5.28. The molecule has 3 fully saturated rings. The predicted octanol–water partition coefficient (Wildman–Crippen LogP) is 0.157. The van der Waals surface area contributed by atoms with Crippen LogP contribution in [0.5, 0.6) is 0 Å². The average Bonchev–Trinajstić information content (AvgIpc) is 3.16. The summed E-state index contributed by atoms with van der Waals surface area (Å²) in [4.78, 5) is 14.4. The Bertz CT molecular complexity index is 548. The Morgan fingerprint density at radius 1 is 1.08 bits per heavy atom. The molecule has 3 aliphatic rings. The van der Waals surface area contributed by atoms with Crippen LogP contribution in [0.1, 0.15) is 38.5 Å². The van der Waals surface area contributed by atoms with Crippen molar-refractivity contribution in [2.24, 2.45) is 11.7 Å². The molecule has 0 aromatic heterocycles. The number of hydrogen-bond acceptors (Lipinski definition) is 5. The highest BCUT2D eigenvalue weighted by atomic mass is 32.2. The molecule has 24 heavy (non-hydrogen) atoms.